The molecule has 21 heavy (non-hydrogen) atoms. The molecule has 0 spiro atoms. The van der Waals surface area contributed by atoms with Gasteiger partial charge in [0, 0.05) is 21.9 Å². The Morgan fingerprint density at radius 3 is 3.05 bits per heavy atom. The van der Waals surface area contributed by atoms with Crippen molar-refractivity contribution < 1.29 is 9.53 Å². The number of rotatable bonds is 4. The first-order chi connectivity index (χ1) is 10.2. The summed E-state index contributed by atoms with van der Waals surface area (Å²) in [5, 5.41) is 6.08. The van der Waals surface area contributed by atoms with E-state index in [9.17, 15) is 4.79 Å². The summed E-state index contributed by atoms with van der Waals surface area (Å²) >= 11 is 3.50. The van der Waals surface area contributed by atoms with Crippen LogP contribution in [0, 0.1) is 0 Å². The van der Waals surface area contributed by atoms with Crippen molar-refractivity contribution in [3.63, 3.8) is 0 Å². The molecule has 1 aliphatic rings. The maximum atomic E-state index is 12.2. The highest BCUT2D eigenvalue weighted by molar-refractivity contribution is 9.10. The Morgan fingerprint density at radius 1 is 1.38 bits per heavy atom. The predicted octanol–water partition coefficient (Wildman–Crippen LogP) is 3.35. The van der Waals surface area contributed by atoms with E-state index in [0.29, 0.717) is 18.2 Å². The highest BCUT2D eigenvalue weighted by atomic mass is 79.9. The lowest BCUT2D eigenvalue weighted by Crippen LogP contribution is -2.20. The molecule has 2 heterocycles. The first-order valence-electron chi connectivity index (χ1n) is 6.64. The van der Waals surface area contributed by atoms with Gasteiger partial charge in [-0.15, -0.1) is 0 Å². The molecule has 1 amide bonds. The first-order valence-corrected chi connectivity index (χ1v) is 7.43. The number of aromatic nitrogens is 1. The van der Waals surface area contributed by atoms with E-state index in [-0.39, 0.29) is 5.91 Å². The zero-order valence-electron chi connectivity index (χ0n) is 11.4. The van der Waals surface area contributed by atoms with Crippen LogP contribution < -0.4 is 15.4 Å². The van der Waals surface area contributed by atoms with Crippen molar-refractivity contribution in [3.8, 4) is 5.88 Å². The number of ether oxygens (including phenoxy) is 1. The van der Waals surface area contributed by atoms with Gasteiger partial charge in [-0.3, -0.25) is 4.79 Å². The molecule has 0 fully saturated rings. The third-order valence-corrected chi connectivity index (χ3v) is 3.91. The minimum atomic E-state index is -0.473. The van der Waals surface area contributed by atoms with Crippen LogP contribution in [0.15, 0.2) is 41.0 Å². The van der Waals surface area contributed by atoms with Crippen molar-refractivity contribution in [2.24, 2.45) is 0 Å². The van der Waals surface area contributed by atoms with Crippen molar-refractivity contribution in [2.45, 2.75) is 13.0 Å². The van der Waals surface area contributed by atoms with Crippen molar-refractivity contribution in [1.82, 2.24) is 4.98 Å². The summed E-state index contributed by atoms with van der Waals surface area (Å²) in [6, 6.07) is 8.87. The van der Waals surface area contributed by atoms with Crippen LogP contribution in [-0.2, 0) is 4.79 Å². The standard InChI is InChI=1S/C15H14BrN3O2/c1-2-21-15-11(7-4-8-17-15)18-13-12-9(16)5-3-6-10(12)19-14(13)20/h3-8,13,18H,2H2,1H3,(H,19,20). The largest absolute Gasteiger partial charge is 0.476 e. The van der Waals surface area contributed by atoms with Gasteiger partial charge in [0.2, 0.25) is 5.88 Å². The molecule has 2 aromatic rings. The summed E-state index contributed by atoms with van der Waals surface area (Å²) in [5.74, 6) is 0.400. The van der Waals surface area contributed by atoms with Gasteiger partial charge in [0.25, 0.3) is 5.91 Å². The highest BCUT2D eigenvalue weighted by Crippen LogP contribution is 2.39. The number of hydrogen-bond acceptors (Lipinski definition) is 4. The fraction of sp³-hybridized carbons (Fsp3) is 0.200. The molecule has 1 atom stereocenters. The van der Waals surface area contributed by atoms with Crippen molar-refractivity contribution in [3.05, 3.63) is 46.6 Å². The van der Waals surface area contributed by atoms with Gasteiger partial charge in [-0.05, 0) is 31.2 Å². The predicted molar refractivity (Wildman–Crippen MR) is 84.5 cm³/mol. The molecule has 1 aromatic heterocycles. The van der Waals surface area contributed by atoms with Gasteiger partial charge < -0.3 is 15.4 Å². The second-order valence-corrected chi connectivity index (χ2v) is 5.41. The quantitative estimate of drug-likeness (QED) is 0.890. The SMILES string of the molecule is CCOc1ncccc1NC1C(=O)Nc2cccc(Br)c21. The van der Waals surface area contributed by atoms with Crippen LogP contribution in [0.5, 0.6) is 5.88 Å². The molecule has 5 nitrogen and oxygen atoms in total. The Bertz CT molecular complexity index is 690. The van der Waals surface area contributed by atoms with Crippen LogP contribution in [0.2, 0.25) is 0 Å². The number of nitrogens with zero attached hydrogens (tertiary/aromatic N) is 1. The number of pyridine rings is 1. The van der Waals surface area contributed by atoms with Crippen LogP contribution >= 0.6 is 15.9 Å². The molecule has 0 saturated carbocycles. The molecular weight excluding hydrogens is 334 g/mol. The molecular formula is C15H14BrN3O2. The van der Waals surface area contributed by atoms with E-state index >= 15 is 0 Å². The van der Waals surface area contributed by atoms with Crippen LogP contribution in [0.4, 0.5) is 11.4 Å². The Balaban J connectivity index is 1.95. The lowest BCUT2D eigenvalue weighted by atomic mass is 10.1. The normalized spacial score (nSPS) is 16.3. The average Bonchev–Trinajstić information content (AvgIpc) is 2.79. The van der Waals surface area contributed by atoms with Crippen molar-refractivity contribution in [1.29, 1.82) is 0 Å². The number of carbonyl (C=O) groups is 1. The fourth-order valence-electron chi connectivity index (χ4n) is 2.32. The van der Waals surface area contributed by atoms with E-state index in [1.165, 1.54) is 0 Å². The molecule has 1 unspecified atom stereocenters. The molecule has 0 bridgehead atoms. The number of amides is 1. The highest BCUT2D eigenvalue weighted by Gasteiger charge is 2.32. The van der Waals surface area contributed by atoms with Gasteiger partial charge >= 0.3 is 0 Å². The fourth-order valence-corrected chi connectivity index (χ4v) is 2.92. The second kappa shape index (κ2) is 5.73. The summed E-state index contributed by atoms with van der Waals surface area (Å²) in [6.45, 7) is 2.41. The smallest absolute Gasteiger partial charge is 0.251 e. The second-order valence-electron chi connectivity index (χ2n) is 4.56. The molecule has 0 radical (unpaired) electrons. The Hall–Kier alpha value is -2.08. The number of nitrogens with one attached hydrogen (secondary N) is 2. The molecule has 3 rings (SSSR count). The maximum absolute atomic E-state index is 12.2. The number of hydrogen-bond donors (Lipinski definition) is 2. The van der Waals surface area contributed by atoms with Gasteiger partial charge in [-0.2, -0.15) is 0 Å². The van der Waals surface area contributed by atoms with E-state index in [4.69, 9.17) is 4.74 Å². The summed E-state index contributed by atoms with van der Waals surface area (Å²) in [6.07, 6.45) is 1.66. The summed E-state index contributed by atoms with van der Waals surface area (Å²) in [5.41, 5.74) is 2.41. The average molecular weight is 348 g/mol. The van der Waals surface area contributed by atoms with Gasteiger partial charge in [-0.1, -0.05) is 22.0 Å². The lowest BCUT2D eigenvalue weighted by Gasteiger charge is -2.16. The lowest BCUT2D eigenvalue weighted by molar-refractivity contribution is -0.116. The van der Waals surface area contributed by atoms with Gasteiger partial charge in [-0.25, -0.2) is 4.98 Å². The minimum absolute atomic E-state index is 0.0943. The zero-order chi connectivity index (χ0) is 14.8. The number of fused-ring (bicyclic) bond motifs is 1. The number of halogens is 1. The zero-order valence-corrected chi connectivity index (χ0v) is 13.0. The molecule has 0 saturated heterocycles. The Morgan fingerprint density at radius 2 is 2.24 bits per heavy atom. The van der Waals surface area contributed by atoms with E-state index in [0.717, 1.165) is 15.7 Å². The van der Waals surface area contributed by atoms with Crippen molar-refractivity contribution >= 4 is 33.2 Å². The molecule has 1 aromatic carbocycles. The topological polar surface area (TPSA) is 63.2 Å². The first kappa shape index (κ1) is 13.9. The summed E-state index contributed by atoms with van der Waals surface area (Å²) < 4.78 is 6.37. The Labute approximate surface area is 130 Å². The molecule has 108 valence electrons. The monoisotopic (exact) mass is 347 g/mol. The van der Waals surface area contributed by atoms with Gasteiger partial charge in [0.05, 0.1) is 12.3 Å². The van der Waals surface area contributed by atoms with E-state index < -0.39 is 6.04 Å². The summed E-state index contributed by atoms with van der Waals surface area (Å²) in [7, 11) is 0. The van der Waals surface area contributed by atoms with Crippen LogP contribution in [0.1, 0.15) is 18.5 Å². The minimum Gasteiger partial charge on any atom is -0.476 e. The van der Waals surface area contributed by atoms with E-state index in [1.807, 2.05) is 31.2 Å². The van der Waals surface area contributed by atoms with Crippen LogP contribution in [0.25, 0.3) is 0 Å². The van der Waals surface area contributed by atoms with Crippen LogP contribution in [0.3, 0.4) is 0 Å². The molecule has 2 N–H and O–H groups in total. The number of benzene rings is 1. The third kappa shape index (κ3) is 2.58. The van der Waals surface area contributed by atoms with Crippen molar-refractivity contribution in [2.75, 3.05) is 17.2 Å². The molecule has 1 aliphatic heterocycles. The molecule has 0 aliphatic carbocycles. The van der Waals surface area contributed by atoms with Crippen LogP contribution in [-0.4, -0.2) is 17.5 Å². The maximum Gasteiger partial charge on any atom is 0.251 e. The number of anilines is 2. The van der Waals surface area contributed by atoms with Gasteiger partial charge in [0.1, 0.15) is 6.04 Å². The Kier molecular flexibility index (Phi) is 3.79. The summed E-state index contributed by atoms with van der Waals surface area (Å²) in [4.78, 5) is 16.4. The van der Waals surface area contributed by atoms with Gasteiger partial charge in [0.15, 0.2) is 0 Å². The third-order valence-electron chi connectivity index (χ3n) is 3.21. The van der Waals surface area contributed by atoms with E-state index in [1.54, 1.807) is 12.3 Å². The van der Waals surface area contributed by atoms with E-state index in [2.05, 4.69) is 31.5 Å². The number of carbonyl (C=O) groups excluding carboxylic acids is 1. The molecule has 6 heteroatoms.